The van der Waals surface area contributed by atoms with E-state index in [9.17, 15) is 14.7 Å². The summed E-state index contributed by atoms with van der Waals surface area (Å²) in [5.41, 5.74) is 0.449. The number of aliphatic hydroxyl groups is 1. The van der Waals surface area contributed by atoms with Gasteiger partial charge < -0.3 is 15.2 Å². The van der Waals surface area contributed by atoms with Gasteiger partial charge in [-0.3, -0.25) is 4.79 Å². The maximum absolute atomic E-state index is 12.3. The minimum absolute atomic E-state index is 0.389. The quantitative estimate of drug-likeness (QED) is 0.227. The van der Waals surface area contributed by atoms with Gasteiger partial charge in [0.25, 0.3) is 5.91 Å². The van der Waals surface area contributed by atoms with E-state index in [2.05, 4.69) is 12.2 Å². The summed E-state index contributed by atoms with van der Waals surface area (Å²) in [6, 6.07) is 7.62. The first-order chi connectivity index (χ1) is 15.1. The predicted octanol–water partition coefficient (Wildman–Crippen LogP) is 5.80. The second-order valence-corrected chi connectivity index (χ2v) is 8.44. The second-order valence-electron chi connectivity index (χ2n) is 8.44. The van der Waals surface area contributed by atoms with Gasteiger partial charge in [0.1, 0.15) is 0 Å². The smallest absolute Gasteiger partial charge is 0.331 e. The number of amides is 1. The molecule has 0 saturated carbocycles. The molecule has 0 saturated heterocycles. The monoisotopic (exact) mass is 433 g/mol. The highest BCUT2D eigenvalue weighted by atomic mass is 16.5. The van der Waals surface area contributed by atoms with Gasteiger partial charge in [0.2, 0.25) is 0 Å². The molecule has 1 amide bonds. The SMILES string of the molecule is CCCCCCCCCCCCCCC[C@H](O)[C@H](NC(=O)c1ccccc1)C(=O)OC. The van der Waals surface area contributed by atoms with E-state index in [1.165, 1.54) is 71.3 Å². The van der Waals surface area contributed by atoms with Crippen LogP contribution in [0.4, 0.5) is 0 Å². The molecular formula is C26H43NO4. The van der Waals surface area contributed by atoms with Crippen molar-refractivity contribution < 1.29 is 19.4 Å². The van der Waals surface area contributed by atoms with E-state index >= 15 is 0 Å². The largest absolute Gasteiger partial charge is 0.467 e. The maximum Gasteiger partial charge on any atom is 0.331 e. The molecule has 0 unspecified atom stereocenters. The lowest BCUT2D eigenvalue weighted by atomic mass is 10.0. The standard InChI is InChI=1S/C26H43NO4/c1-3-4-5-6-7-8-9-10-11-12-13-14-18-21-23(28)24(26(30)31-2)27-25(29)22-19-16-15-17-20-22/h15-17,19-20,23-24,28H,3-14,18,21H2,1-2H3,(H,27,29)/t23-,24-/m0/s1. The molecular weight excluding hydrogens is 390 g/mol. The van der Waals surface area contributed by atoms with E-state index in [4.69, 9.17) is 4.74 Å². The highest BCUT2D eigenvalue weighted by molar-refractivity contribution is 5.96. The molecule has 0 aliphatic rings. The molecule has 5 heteroatoms. The topological polar surface area (TPSA) is 75.6 Å². The van der Waals surface area contributed by atoms with Gasteiger partial charge in [-0.2, -0.15) is 0 Å². The van der Waals surface area contributed by atoms with Crippen LogP contribution in [0, 0.1) is 0 Å². The average Bonchev–Trinajstić information content (AvgIpc) is 2.80. The Morgan fingerprint density at radius 1 is 0.839 bits per heavy atom. The molecule has 0 aromatic heterocycles. The van der Waals surface area contributed by atoms with Gasteiger partial charge in [0, 0.05) is 5.56 Å². The third-order valence-corrected chi connectivity index (χ3v) is 5.77. The average molecular weight is 434 g/mol. The van der Waals surface area contributed by atoms with Crippen molar-refractivity contribution in [3.63, 3.8) is 0 Å². The highest BCUT2D eigenvalue weighted by Crippen LogP contribution is 2.14. The van der Waals surface area contributed by atoms with Gasteiger partial charge in [-0.05, 0) is 18.6 Å². The first kappa shape index (κ1) is 27.2. The summed E-state index contributed by atoms with van der Waals surface area (Å²) >= 11 is 0. The number of esters is 1. The van der Waals surface area contributed by atoms with Crippen molar-refractivity contribution in [1.82, 2.24) is 5.32 Å². The Morgan fingerprint density at radius 2 is 1.32 bits per heavy atom. The summed E-state index contributed by atoms with van der Waals surface area (Å²) in [5, 5.41) is 13.1. The van der Waals surface area contributed by atoms with E-state index in [1.807, 2.05) is 6.07 Å². The van der Waals surface area contributed by atoms with Crippen molar-refractivity contribution in [1.29, 1.82) is 0 Å². The molecule has 1 aromatic rings. The summed E-state index contributed by atoms with van der Waals surface area (Å²) in [7, 11) is 1.27. The van der Waals surface area contributed by atoms with Gasteiger partial charge >= 0.3 is 5.97 Å². The van der Waals surface area contributed by atoms with Crippen molar-refractivity contribution in [2.24, 2.45) is 0 Å². The second kappa shape index (κ2) is 17.8. The third kappa shape index (κ3) is 12.5. The Kier molecular flexibility index (Phi) is 15.6. The number of methoxy groups -OCH3 is 1. The number of unbranched alkanes of at least 4 members (excludes halogenated alkanes) is 12. The van der Waals surface area contributed by atoms with Crippen LogP contribution in [0.2, 0.25) is 0 Å². The molecule has 0 fully saturated rings. The third-order valence-electron chi connectivity index (χ3n) is 5.77. The zero-order valence-electron chi connectivity index (χ0n) is 19.6. The predicted molar refractivity (Wildman–Crippen MR) is 126 cm³/mol. The summed E-state index contributed by atoms with van der Waals surface area (Å²) in [4.78, 5) is 24.4. The molecule has 1 rings (SSSR count). The first-order valence-electron chi connectivity index (χ1n) is 12.2. The van der Waals surface area contributed by atoms with Gasteiger partial charge in [-0.1, -0.05) is 109 Å². The zero-order chi connectivity index (χ0) is 22.7. The molecule has 31 heavy (non-hydrogen) atoms. The van der Waals surface area contributed by atoms with E-state index < -0.39 is 18.1 Å². The Morgan fingerprint density at radius 3 is 1.81 bits per heavy atom. The Balaban J connectivity index is 2.17. The lowest BCUT2D eigenvalue weighted by Gasteiger charge is -2.22. The number of carbonyl (C=O) groups is 2. The van der Waals surface area contributed by atoms with Crippen LogP contribution in [0.25, 0.3) is 0 Å². The lowest BCUT2D eigenvalue weighted by molar-refractivity contribution is -0.146. The Labute approximate surface area is 189 Å². The first-order valence-corrected chi connectivity index (χ1v) is 12.2. The Hall–Kier alpha value is -1.88. The molecule has 0 aliphatic carbocycles. The molecule has 5 nitrogen and oxygen atoms in total. The van der Waals surface area contributed by atoms with Crippen molar-refractivity contribution in [2.45, 2.75) is 109 Å². The van der Waals surface area contributed by atoms with Crippen LogP contribution in [0.15, 0.2) is 30.3 Å². The van der Waals surface area contributed by atoms with Crippen LogP contribution in [0.3, 0.4) is 0 Å². The lowest BCUT2D eigenvalue weighted by Crippen LogP contribution is -2.49. The molecule has 0 aliphatic heterocycles. The summed E-state index contributed by atoms with van der Waals surface area (Å²) in [6.45, 7) is 2.25. The molecule has 176 valence electrons. The number of rotatable bonds is 18. The minimum atomic E-state index is -1.05. The van der Waals surface area contributed by atoms with Gasteiger partial charge in [-0.15, -0.1) is 0 Å². The molecule has 2 N–H and O–H groups in total. The van der Waals surface area contributed by atoms with Crippen molar-refractivity contribution in [3.8, 4) is 0 Å². The number of nitrogens with one attached hydrogen (secondary N) is 1. The molecule has 0 spiro atoms. The van der Waals surface area contributed by atoms with E-state index in [0.29, 0.717) is 12.0 Å². The van der Waals surface area contributed by atoms with Crippen molar-refractivity contribution in [2.75, 3.05) is 7.11 Å². The Bertz CT molecular complexity index is 590. The van der Waals surface area contributed by atoms with Crippen LogP contribution in [-0.4, -0.2) is 36.2 Å². The number of hydrogen-bond acceptors (Lipinski definition) is 4. The van der Waals surface area contributed by atoms with Gasteiger partial charge in [-0.25, -0.2) is 4.79 Å². The molecule has 0 bridgehead atoms. The fourth-order valence-electron chi connectivity index (χ4n) is 3.79. The van der Waals surface area contributed by atoms with Crippen molar-refractivity contribution >= 4 is 11.9 Å². The zero-order valence-corrected chi connectivity index (χ0v) is 19.6. The molecule has 0 radical (unpaired) electrons. The summed E-state index contributed by atoms with van der Waals surface area (Å²) in [6.07, 6.45) is 15.8. The number of aliphatic hydroxyl groups excluding tert-OH is 1. The van der Waals surface area contributed by atoms with Crippen LogP contribution in [0.1, 0.15) is 107 Å². The molecule has 2 atom stereocenters. The number of benzene rings is 1. The molecule has 0 heterocycles. The summed E-state index contributed by atoms with van der Waals surface area (Å²) < 4.78 is 4.78. The van der Waals surface area contributed by atoms with Crippen LogP contribution < -0.4 is 5.32 Å². The van der Waals surface area contributed by atoms with Crippen molar-refractivity contribution in [3.05, 3.63) is 35.9 Å². The van der Waals surface area contributed by atoms with Crippen LogP contribution in [-0.2, 0) is 9.53 Å². The number of carbonyl (C=O) groups excluding carboxylic acids is 2. The minimum Gasteiger partial charge on any atom is -0.467 e. The highest BCUT2D eigenvalue weighted by Gasteiger charge is 2.29. The van der Waals surface area contributed by atoms with E-state index in [0.717, 1.165) is 19.3 Å². The maximum atomic E-state index is 12.3. The van der Waals surface area contributed by atoms with Crippen LogP contribution in [0.5, 0.6) is 0 Å². The van der Waals surface area contributed by atoms with E-state index in [1.54, 1.807) is 24.3 Å². The van der Waals surface area contributed by atoms with Gasteiger partial charge in [0.15, 0.2) is 6.04 Å². The summed E-state index contributed by atoms with van der Waals surface area (Å²) in [5.74, 6) is -1.01. The van der Waals surface area contributed by atoms with E-state index in [-0.39, 0.29) is 5.91 Å². The number of ether oxygens (including phenoxy) is 1. The molecule has 1 aromatic carbocycles. The fourth-order valence-corrected chi connectivity index (χ4v) is 3.79. The normalized spacial score (nSPS) is 12.9. The number of hydrogen-bond donors (Lipinski definition) is 2. The van der Waals surface area contributed by atoms with Gasteiger partial charge in [0.05, 0.1) is 13.2 Å². The van der Waals surface area contributed by atoms with Crippen LogP contribution >= 0.6 is 0 Å². The fraction of sp³-hybridized carbons (Fsp3) is 0.692.